The molecular formula is C15H30N2O3. The molecular weight excluding hydrogens is 256 g/mol. The third-order valence-corrected chi connectivity index (χ3v) is 4.12. The summed E-state index contributed by atoms with van der Waals surface area (Å²) in [5.74, 6) is 0.0289. The fraction of sp³-hybridized carbons (Fsp3) is 0.933. The Morgan fingerprint density at radius 1 is 1.45 bits per heavy atom. The lowest BCUT2D eigenvalue weighted by Crippen LogP contribution is -2.56. The fourth-order valence-electron chi connectivity index (χ4n) is 2.87. The van der Waals surface area contributed by atoms with Crippen LogP contribution in [0.4, 0.5) is 0 Å². The summed E-state index contributed by atoms with van der Waals surface area (Å²) in [4.78, 5) is 14.6. The Bertz CT molecular complexity index is 331. The topological polar surface area (TPSA) is 72.8 Å². The summed E-state index contributed by atoms with van der Waals surface area (Å²) in [6, 6.07) is -0.0916. The highest BCUT2D eigenvalue weighted by atomic mass is 16.3. The second-order valence-electron chi connectivity index (χ2n) is 6.95. The first-order chi connectivity index (χ1) is 9.19. The van der Waals surface area contributed by atoms with Crippen molar-refractivity contribution in [2.75, 3.05) is 13.2 Å². The standard InChI is InChI=1S/C15H30N2O3/c1-10(2)16-13(15(4,5)6-7-18)14(20)17-9-12(19)8-11(17)3/h10-13,16,18-19H,6-9H2,1-5H3/t11-,12-,13-/m1/s1. The SMILES string of the molecule is CC(C)N[C@H](C(=O)N1C[C@H](O)C[C@H]1C)C(C)(C)CCO. The summed E-state index contributed by atoms with van der Waals surface area (Å²) in [7, 11) is 0. The minimum atomic E-state index is -0.422. The Kier molecular flexibility index (Phi) is 5.98. The van der Waals surface area contributed by atoms with Gasteiger partial charge in [-0.15, -0.1) is 0 Å². The number of hydrogen-bond acceptors (Lipinski definition) is 4. The number of carbonyl (C=O) groups is 1. The number of carbonyl (C=O) groups excluding carboxylic acids is 1. The molecule has 5 heteroatoms. The number of nitrogens with one attached hydrogen (secondary N) is 1. The lowest BCUT2D eigenvalue weighted by atomic mass is 9.80. The first kappa shape index (κ1) is 17.4. The lowest BCUT2D eigenvalue weighted by molar-refractivity contribution is -0.137. The van der Waals surface area contributed by atoms with Gasteiger partial charge in [0.1, 0.15) is 0 Å². The third kappa shape index (κ3) is 4.17. The first-order valence-corrected chi connectivity index (χ1v) is 7.54. The van der Waals surface area contributed by atoms with E-state index in [1.165, 1.54) is 0 Å². The van der Waals surface area contributed by atoms with Gasteiger partial charge in [-0.05, 0) is 25.2 Å². The van der Waals surface area contributed by atoms with E-state index >= 15 is 0 Å². The molecule has 1 aliphatic rings. The van der Waals surface area contributed by atoms with Gasteiger partial charge in [-0.3, -0.25) is 4.79 Å². The quantitative estimate of drug-likeness (QED) is 0.673. The van der Waals surface area contributed by atoms with E-state index in [0.29, 0.717) is 19.4 Å². The van der Waals surface area contributed by atoms with Crippen molar-refractivity contribution in [2.45, 2.75) is 71.7 Å². The second-order valence-corrected chi connectivity index (χ2v) is 6.95. The minimum Gasteiger partial charge on any atom is -0.396 e. The molecule has 0 spiro atoms. The molecule has 0 radical (unpaired) electrons. The molecule has 1 fully saturated rings. The molecule has 118 valence electrons. The van der Waals surface area contributed by atoms with Crippen LogP contribution >= 0.6 is 0 Å². The van der Waals surface area contributed by atoms with E-state index in [1.54, 1.807) is 4.90 Å². The lowest BCUT2D eigenvalue weighted by Gasteiger charge is -2.38. The highest BCUT2D eigenvalue weighted by Crippen LogP contribution is 2.29. The Hall–Kier alpha value is -0.650. The molecule has 1 aliphatic heterocycles. The van der Waals surface area contributed by atoms with Crippen LogP contribution in [0.3, 0.4) is 0 Å². The van der Waals surface area contributed by atoms with Crippen molar-refractivity contribution in [2.24, 2.45) is 5.41 Å². The molecule has 1 amide bonds. The molecule has 5 nitrogen and oxygen atoms in total. The smallest absolute Gasteiger partial charge is 0.240 e. The van der Waals surface area contributed by atoms with E-state index < -0.39 is 6.10 Å². The van der Waals surface area contributed by atoms with Crippen LogP contribution in [0.5, 0.6) is 0 Å². The number of β-amino-alcohol motifs (C(OH)–C–C–N with tert-alkyl or cyclic N) is 1. The number of hydrogen-bond donors (Lipinski definition) is 3. The van der Waals surface area contributed by atoms with Crippen LogP contribution in [-0.2, 0) is 4.79 Å². The van der Waals surface area contributed by atoms with E-state index in [9.17, 15) is 15.0 Å². The summed E-state index contributed by atoms with van der Waals surface area (Å²) < 4.78 is 0. The monoisotopic (exact) mass is 286 g/mol. The van der Waals surface area contributed by atoms with Gasteiger partial charge in [0.25, 0.3) is 0 Å². The van der Waals surface area contributed by atoms with Crippen molar-refractivity contribution in [1.82, 2.24) is 10.2 Å². The largest absolute Gasteiger partial charge is 0.396 e. The summed E-state index contributed by atoms with van der Waals surface area (Å²) >= 11 is 0. The molecule has 0 aromatic rings. The van der Waals surface area contributed by atoms with Gasteiger partial charge >= 0.3 is 0 Å². The van der Waals surface area contributed by atoms with Crippen molar-refractivity contribution >= 4 is 5.91 Å². The molecule has 0 aromatic carbocycles. The number of amides is 1. The predicted octanol–water partition coefficient (Wildman–Crippen LogP) is 0.743. The molecule has 3 atom stereocenters. The fourth-order valence-corrected chi connectivity index (χ4v) is 2.87. The Morgan fingerprint density at radius 2 is 2.05 bits per heavy atom. The molecule has 0 aromatic heterocycles. The van der Waals surface area contributed by atoms with Gasteiger partial charge in [-0.25, -0.2) is 0 Å². The highest BCUT2D eigenvalue weighted by molar-refractivity contribution is 5.83. The molecule has 0 bridgehead atoms. The van der Waals surface area contributed by atoms with Crippen LogP contribution in [-0.4, -0.2) is 58.4 Å². The summed E-state index contributed by atoms with van der Waals surface area (Å²) in [5.41, 5.74) is -0.330. The molecule has 3 N–H and O–H groups in total. The minimum absolute atomic E-state index is 0.0289. The van der Waals surface area contributed by atoms with E-state index in [4.69, 9.17) is 0 Å². The van der Waals surface area contributed by atoms with Gasteiger partial charge in [0, 0.05) is 25.2 Å². The molecule has 0 saturated carbocycles. The van der Waals surface area contributed by atoms with E-state index in [-0.39, 0.29) is 36.1 Å². The zero-order valence-electron chi connectivity index (χ0n) is 13.4. The Morgan fingerprint density at radius 3 is 2.45 bits per heavy atom. The Labute approximate surface area is 122 Å². The maximum absolute atomic E-state index is 12.8. The predicted molar refractivity (Wildman–Crippen MR) is 79.3 cm³/mol. The molecule has 1 rings (SSSR count). The zero-order chi connectivity index (χ0) is 15.5. The number of rotatable bonds is 6. The number of aliphatic hydroxyl groups is 2. The van der Waals surface area contributed by atoms with Crippen LogP contribution in [0.25, 0.3) is 0 Å². The van der Waals surface area contributed by atoms with Crippen molar-refractivity contribution < 1.29 is 15.0 Å². The van der Waals surface area contributed by atoms with Crippen molar-refractivity contribution in [1.29, 1.82) is 0 Å². The molecule has 0 unspecified atom stereocenters. The van der Waals surface area contributed by atoms with Crippen LogP contribution in [0.1, 0.15) is 47.5 Å². The average Bonchev–Trinajstić information content (AvgIpc) is 2.64. The van der Waals surface area contributed by atoms with Crippen LogP contribution in [0, 0.1) is 5.41 Å². The second kappa shape index (κ2) is 6.87. The van der Waals surface area contributed by atoms with Crippen LogP contribution in [0.2, 0.25) is 0 Å². The number of nitrogens with zero attached hydrogens (tertiary/aromatic N) is 1. The van der Waals surface area contributed by atoms with Crippen molar-refractivity contribution in [3.8, 4) is 0 Å². The average molecular weight is 286 g/mol. The zero-order valence-corrected chi connectivity index (χ0v) is 13.4. The van der Waals surface area contributed by atoms with Crippen LogP contribution in [0.15, 0.2) is 0 Å². The number of likely N-dealkylation sites (tertiary alicyclic amines) is 1. The van der Waals surface area contributed by atoms with Gasteiger partial charge in [-0.1, -0.05) is 27.7 Å². The first-order valence-electron chi connectivity index (χ1n) is 7.54. The number of aliphatic hydroxyl groups excluding tert-OH is 2. The van der Waals surface area contributed by atoms with Gasteiger partial charge < -0.3 is 20.4 Å². The maximum Gasteiger partial charge on any atom is 0.240 e. The van der Waals surface area contributed by atoms with Crippen molar-refractivity contribution in [3.63, 3.8) is 0 Å². The molecule has 1 saturated heterocycles. The normalized spacial score (nSPS) is 25.3. The summed E-state index contributed by atoms with van der Waals surface area (Å²) in [5, 5.41) is 22.3. The van der Waals surface area contributed by atoms with Gasteiger partial charge in [0.05, 0.1) is 12.1 Å². The van der Waals surface area contributed by atoms with E-state index in [1.807, 2.05) is 34.6 Å². The van der Waals surface area contributed by atoms with Crippen LogP contribution < -0.4 is 5.32 Å². The molecule has 1 heterocycles. The maximum atomic E-state index is 12.8. The molecule has 0 aliphatic carbocycles. The van der Waals surface area contributed by atoms with E-state index in [0.717, 1.165) is 0 Å². The van der Waals surface area contributed by atoms with E-state index in [2.05, 4.69) is 5.32 Å². The van der Waals surface area contributed by atoms with Gasteiger partial charge in [0.15, 0.2) is 0 Å². The molecule has 20 heavy (non-hydrogen) atoms. The van der Waals surface area contributed by atoms with Gasteiger partial charge in [-0.2, -0.15) is 0 Å². The van der Waals surface area contributed by atoms with Crippen molar-refractivity contribution in [3.05, 3.63) is 0 Å². The summed E-state index contributed by atoms with van der Waals surface area (Å²) in [6.45, 7) is 10.5. The summed E-state index contributed by atoms with van der Waals surface area (Å²) in [6.07, 6.45) is 0.781. The third-order valence-electron chi connectivity index (χ3n) is 4.12. The van der Waals surface area contributed by atoms with Gasteiger partial charge in [0.2, 0.25) is 5.91 Å². The highest BCUT2D eigenvalue weighted by Gasteiger charge is 2.41. The Balaban J connectivity index is 2.90.